The molecular formula is C18H13F3N2. The summed E-state index contributed by atoms with van der Waals surface area (Å²) >= 11 is 0. The predicted molar refractivity (Wildman–Crippen MR) is 82.6 cm³/mol. The number of alkyl halides is 3. The Morgan fingerprint density at radius 3 is 2.17 bits per heavy atom. The maximum Gasteiger partial charge on any atom is 0.416 e. The number of benzene rings is 1. The Labute approximate surface area is 131 Å². The van der Waals surface area contributed by atoms with Gasteiger partial charge in [0, 0.05) is 23.5 Å². The summed E-state index contributed by atoms with van der Waals surface area (Å²) in [4.78, 5) is 8.64. The number of pyridine rings is 2. The molecule has 0 amide bonds. The molecule has 0 radical (unpaired) electrons. The van der Waals surface area contributed by atoms with Gasteiger partial charge in [0.25, 0.3) is 0 Å². The van der Waals surface area contributed by atoms with E-state index in [0.717, 1.165) is 29.0 Å². The number of aromatic nitrogens is 2. The molecule has 0 aliphatic rings. The first-order valence-electron chi connectivity index (χ1n) is 7.01. The molecule has 116 valence electrons. The maximum atomic E-state index is 12.6. The highest BCUT2D eigenvalue weighted by molar-refractivity contribution is 5.68. The van der Waals surface area contributed by atoms with Crippen LogP contribution in [-0.4, -0.2) is 9.97 Å². The summed E-state index contributed by atoms with van der Waals surface area (Å²) in [5.41, 5.74) is 3.30. The first kappa shape index (κ1) is 15.2. The van der Waals surface area contributed by atoms with E-state index in [9.17, 15) is 13.2 Å². The first-order valence-corrected chi connectivity index (χ1v) is 7.01. The van der Waals surface area contributed by atoms with Crippen molar-refractivity contribution in [3.05, 3.63) is 72.1 Å². The van der Waals surface area contributed by atoms with Crippen LogP contribution < -0.4 is 0 Å². The van der Waals surface area contributed by atoms with E-state index in [1.165, 1.54) is 12.1 Å². The predicted octanol–water partition coefficient (Wildman–Crippen LogP) is 5.14. The fourth-order valence-electron chi connectivity index (χ4n) is 2.33. The average Bonchev–Trinajstić information content (AvgIpc) is 2.55. The summed E-state index contributed by atoms with van der Waals surface area (Å²) in [6.45, 7) is 1.93. The van der Waals surface area contributed by atoms with Gasteiger partial charge in [-0.15, -0.1) is 0 Å². The summed E-state index contributed by atoms with van der Waals surface area (Å²) in [5.74, 6) is 0. The summed E-state index contributed by atoms with van der Waals surface area (Å²) in [6.07, 6.45) is -0.923. The van der Waals surface area contributed by atoms with Crippen molar-refractivity contribution in [1.82, 2.24) is 9.97 Å². The molecule has 23 heavy (non-hydrogen) atoms. The number of hydrogen-bond donors (Lipinski definition) is 0. The minimum Gasteiger partial charge on any atom is -0.256 e. The van der Waals surface area contributed by atoms with Crippen molar-refractivity contribution in [3.8, 4) is 22.5 Å². The normalized spacial score (nSPS) is 11.5. The van der Waals surface area contributed by atoms with Crippen molar-refractivity contribution >= 4 is 0 Å². The quantitative estimate of drug-likeness (QED) is 0.654. The van der Waals surface area contributed by atoms with Crippen LogP contribution in [0.2, 0.25) is 0 Å². The second-order valence-corrected chi connectivity index (χ2v) is 5.17. The fourth-order valence-corrected chi connectivity index (χ4v) is 2.33. The largest absolute Gasteiger partial charge is 0.416 e. The van der Waals surface area contributed by atoms with Crippen LogP contribution in [0.15, 0.2) is 60.9 Å². The van der Waals surface area contributed by atoms with Crippen LogP contribution in [0.3, 0.4) is 0 Å². The van der Waals surface area contributed by atoms with Gasteiger partial charge < -0.3 is 0 Å². The molecule has 0 fully saturated rings. The Balaban J connectivity index is 1.94. The molecule has 0 bridgehead atoms. The number of hydrogen-bond acceptors (Lipinski definition) is 2. The Bertz CT molecular complexity index is 810. The molecule has 3 rings (SSSR count). The van der Waals surface area contributed by atoms with Gasteiger partial charge >= 0.3 is 6.18 Å². The molecule has 5 heteroatoms. The third kappa shape index (κ3) is 3.23. The van der Waals surface area contributed by atoms with E-state index in [1.54, 1.807) is 12.4 Å². The topological polar surface area (TPSA) is 25.8 Å². The zero-order valence-electron chi connectivity index (χ0n) is 12.3. The number of nitrogens with zero attached hydrogens (tertiary/aromatic N) is 2. The highest BCUT2D eigenvalue weighted by Crippen LogP contribution is 2.31. The number of rotatable bonds is 2. The molecule has 0 unspecified atom stereocenters. The lowest BCUT2D eigenvalue weighted by Gasteiger charge is -2.09. The van der Waals surface area contributed by atoms with Crippen LogP contribution in [0.1, 0.15) is 11.1 Å². The summed E-state index contributed by atoms with van der Waals surface area (Å²) in [5, 5.41) is 0. The van der Waals surface area contributed by atoms with Crippen molar-refractivity contribution in [3.63, 3.8) is 0 Å². The van der Waals surface area contributed by atoms with E-state index in [1.807, 2.05) is 31.2 Å². The Kier molecular flexibility index (Phi) is 3.86. The van der Waals surface area contributed by atoms with E-state index in [-0.39, 0.29) is 0 Å². The summed E-state index contributed by atoms with van der Waals surface area (Å²) < 4.78 is 37.8. The van der Waals surface area contributed by atoms with E-state index in [0.29, 0.717) is 11.3 Å². The highest BCUT2D eigenvalue weighted by atomic mass is 19.4. The van der Waals surface area contributed by atoms with Crippen molar-refractivity contribution in [2.24, 2.45) is 0 Å². The second kappa shape index (κ2) is 5.83. The third-order valence-electron chi connectivity index (χ3n) is 3.56. The molecule has 1 aromatic carbocycles. The van der Waals surface area contributed by atoms with Crippen molar-refractivity contribution < 1.29 is 13.2 Å². The van der Waals surface area contributed by atoms with Crippen LogP contribution >= 0.6 is 0 Å². The van der Waals surface area contributed by atoms with E-state index in [2.05, 4.69) is 9.97 Å². The van der Waals surface area contributed by atoms with E-state index in [4.69, 9.17) is 0 Å². The average molecular weight is 314 g/mol. The molecule has 0 spiro atoms. The third-order valence-corrected chi connectivity index (χ3v) is 3.56. The van der Waals surface area contributed by atoms with Gasteiger partial charge in [-0.2, -0.15) is 13.2 Å². The zero-order chi connectivity index (χ0) is 16.4. The molecule has 0 saturated carbocycles. The maximum absolute atomic E-state index is 12.6. The fraction of sp³-hybridized carbons (Fsp3) is 0.111. The van der Waals surface area contributed by atoms with Gasteiger partial charge in [0.1, 0.15) is 0 Å². The van der Waals surface area contributed by atoms with Gasteiger partial charge in [-0.1, -0.05) is 18.2 Å². The minimum atomic E-state index is -4.33. The van der Waals surface area contributed by atoms with Crippen LogP contribution in [0.5, 0.6) is 0 Å². The Hall–Kier alpha value is -2.69. The zero-order valence-corrected chi connectivity index (χ0v) is 12.3. The molecule has 0 aliphatic heterocycles. The standard InChI is InChI=1S/C18H13F3N2/c1-12-10-17(13-5-7-14(8-6-13)18(19,20)21)23-11-15(12)16-4-2-3-9-22-16/h2-11H,1H3. The molecule has 3 aromatic rings. The lowest BCUT2D eigenvalue weighted by atomic mass is 10.0. The first-order chi connectivity index (χ1) is 10.9. The molecular weight excluding hydrogens is 301 g/mol. The molecule has 0 N–H and O–H groups in total. The lowest BCUT2D eigenvalue weighted by Crippen LogP contribution is -2.04. The molecule has 0 saturated heterocycles. The van der Waals surface area contributed by atoms with E-state index < -0.39 is 11.7 Å². The second-order valence-electron chi connectivity index (χ2n) is 5.17. The van der Waals surface area contributed by atoms with Crippen LogP contribution in [0, 0.1) is 6.92 Å². The summed E-state index contributed by atoms with van der Waals surface area (Å²) in [6, 6.07) is 12.5. The smallest absolute Gasteiger partial charge is 0.256 e. The SMILES string of the molecule is Cc1cc(-c2ccc(C(F)(F)F)cc2)ncc1-c1ccccn1. The minimum absolute atomic E-state index is 0.635. The number of aryl methyl sites for hydroxylation is 1. The molecule has 2 heterocycles. The van der Waals surface area contributed by atoms with Crippen LogP contribution in [0.4, 0.5) is 13.2 Å². The van der Waals surface area contributed by atoms with E-state index >= 15 is 0 Å². The Morgan fingerprint density at radius 2 is 1.61 bits per heavy atom. The van der Waals surface area contributed by atoms with Gasteiger partial charge in [0.2, 0.25) is 0 Å². The summed E-state index contributed by atoms with van der Waals surface area (Å²) in [7, 11) is 0. The van der Waals surface area contributed by atoms with Gasteiger partial charge in [-0.3, -0.25) is 9.97 Å². The van der Waals surface area contributed by atoms with Crippen LogP contribution in [0.25, 0.3) is 22.5 Å². The molecule has 0 atom stereocenters. The monoisotopic (exact) mass is 314 g/mol. The molecule has 2 nitrogen and oxygen atoms in total. The Morgan fingerprint density at radius 1 is 0.870 bits per heavy atom. The molecule has 2 aromatic heterocycles. The van der Waals surface area contributed by atoms with Crippen LogP contribution in [-0.2, 0) is 6.18 Å². The van der Waals surface area contributed by atoms with Gasteiger partial charge in [0.05, 0.1) is 17.0 Å². The van der Waals surface area contributed by atoms with Gasteiger partial charge in [-0.25, -0.2) is 0 Å². The van der Waals surface area contributed by atoms with Gasteiger partial charge in [-0.05, 0) is 42.8 Å². The highest BCUT2D eigenvalue weighted by Gasteiger charge is 2.30. The lowest BCUT2D eigenvalue weighted by molar-refractivity contribution is -0.137. The van der Waals surface area contributed by atoms with Crippen molar-refractivity contribution in [2.75, 3.05) is 0 Å². The number of halogens is 3. The van der Waals surface area contributed by atoms with Gasteiger partial charge in [0.15, 0.2) is 0 Å². The molecule has 0 aliphatic carbocycles. The van der Waals surface area contributed by atoms with Crippen molar-refractivity contribution in [2.45, 2.75) is 13.1 Å². The van der Waals surface area contributed by atoms with Crippen molar-refractivity contribution in [1.29, 1.82) is 0 Å².